The van der Waals surface area contributed by atoms with Crippen molar-refractivity contribution in [1.82, 2.24) is 19.5 Å². The fourth-order valence-electron chi connectivity index (χ4n) is 3.86. The monoisotopic (exact) mass is 635 g/mol. The molecule has 0 aliphatic heterocycles. The summed E-state index contributed by atoms with van der Waals surface area (Å²) in [5.41, 5.74) is -0.350. The quantitative estimate of drug-likeness (QED) is 0.149. The topological polar surface area (TPSA) is 138 Å². The first-order valence-electron chi connectivity index (χ1n) is 14.0. The Kier molecular flexibility index (Phi) is 10.8. The number of amides is 2. The van der Waals surface area contributed by atoms with Crippen LogP contribution in [0.25, 0.3) is 22.3 Å². The SMILES string of the molecule is CC(C)(C)OC(=O)N(C(=O)OC(C)(C)C)c1ncnc2c1cc(-c1cnc(Cl)cc1OCCO)n2COCC[Si](C)(C)C. The Morgan fingerprint density at radius 2 is 1.60 bits per heavy atom. The molecule has 12 nitrogen and oxygen atoms in total. The van der Waals surface area contributed by atoms with Crippen LogP contribution in [0, 0.1) is 0 Å². The Hall–Kier alpha value is -3.26. The maximum atomic E-state index is 13.5. The van der Waals surface area contributed by atoms with Crippen LogP contribution in [-0.2, 0) is 20.9 Å². The van der Waals surface area contributed by atoms with Gasteiger partial charge in [-0.15, -0.1) is 0 Å². The van der Waals surface area contributed by atoms with Crippen molar-refractivity contribution in [2.24, 2.45) is 0 Å². The molecule has 0 saturated carbocycles. The van der Waals surface area contributed by atoms with Gasteiger partial charge in [-0.25, -0.2) is 24.5 Å². The number of imide groups is 1. The molecule has 0 fully saturated rings. The van der Waals surface area contributed by atoms with E-state index >= 15 is 0 Å². The van der Waals surface area contributed by atoms with Gasteiger partial charge in [0.1, 0.15) is 47.4 Å². The minimum Gasteiger partial charge on any atom is -0.490 e. The van der Waals surface area contributed by atoms with Crippen LogP contribution in [0.5, 0.6) is 5.75 Å². The number of aromatic nitrogens is 4. The first-order chi connectivity index (χ1) is 19.9. The normalized spacial score (nSPS) is 12.3. The van der Waals surface area contributed by atoms with Gasteiger partial charge in [-0.2, -0.15) is 4.90 Å². The van der Waals surface area contributed by atoms with Crippen LogP contribution >= 0.6 is 11.6 Å². The summed E-state index contributed by atoms with van der Waals surface area (Å²) in [6.45, 7) is 17.4. The van der Waals surface area contributed by atoms with E-state index in [9.17, 15) is 14.7 Å². The molecule has 0 aliphatic rings. The van der Waals surface area contributed by atoms with E-state index in [0.29, 0.717) is 34.6 Å². The summed E-state index contributed by atoms with van der Waals surface area (Å²) >= 11 is 6.18. The molecule has 14 heteroatoms. The zero-order chi connectivity index (χ0) is 32.2. The van der Waals surface area contributed by atoms with Gasteiger partial charge in [0.05, 0.1) is 23.3 Å². The number of hydrogen-bond donors (Lipinski definition) is 1. The van der Waals surface area contributed by atoms with Crippen LogP contribution < -0.4 is 9.64 Å². The van der Waals surface area contributed by atoms with Crippen molar-refractivity contribution in [1.29, 1.82) is 0 Å². The molecule has 3 aromatic rings. The Balaban J connectivity index is 2.25. The van der Waals surface area contributed by atoms with Gasteiger partial charge < -0.3 is 28.6 Å². The van der Waals surface area contributed by atoms with E-state index in [1.165, 1.54) is 12.5 Å². The van der Waals surface area contributed by atoms with E-state index < -0.39 is 31.5 Å². The Morgan fingerprint density at radius 3 is 2.16 bits per heavy atom. The van der Waals surface area contributed by atoms with Crippen molar-refractivity contribution in [2.75, 3.05) is 24.7 Å². The van der Waals surface area contributed by atoms with E-state index in [0.717, 1.165) is 10.9 Å². The molecule has 0 radical (unpaired) electrons. The van der Waals surface area contributed by atoms with Gasteiger partial charge in [-0.05, 0) is 53.7 Å². The zero-order valence-electron chi connectivity index (χ0n) is 26.4. The molecule has 3 aromatic heterocycles. The lowest BCUT2D eigenvalue weighted by Gasteiger charge is -2.28. The molecule has 0 unspecified atom stereocenters. The van der Waals surface area contributed by atoms with Gasteiger partial charge in [-0.1, -0.05) is 31.2 Å². The highest BCUT2D eigenvalue weighted by Crippen LogP contribution is 2.37. The molecular weight excluding hydrogens is 594 g/mol. The predicted octanol–water partition coefficient (Wildman–Crippen LogP) is 6.51. The van der Waals surface area contributed by atoms with E-state index in [1.807, 2.05) is 0 Å². The second-order valence-corrected chi connectivity index (χ2v) is 19.1. The second kappa shape index (κ2) is 13.6. The number of aliphatic hydroxyl groups excluding tert-OH is 1. The van der Waals surface area contributed by atoms with E-state index in [4.69, 9.17) is 30.5 Å². The Bertz CT molecular complexity index is 1420. The number of pyridine rings is 1. The highest BCUT2D eigenvalue weighted by atomic mass is 35.5. The number of anilines is 1. The van der Waals surface area contributed by atoms with Crippen molar-refractivity contribution < 1.29 is 33.6 Å². The summed E-state index contributed by atoms with van der Waals surface area (Å²) in [6.07, 6.45) is 0.879. The van der Waals surface area contributed by atoms with E-state index in [-0.39, 0.29) is 30.9 Å². The van der Waals surface area contributed by atoms with Crippen molar-refractivity contribution in [3.05, 3.63) is 29.8 Å². The molecule has 0 saturated heterocycles. The third kappa shape index (κ3) is 9.62. The summed E-state index contributed by atoms with van der Waals surface area (Å²) in [6, 6.07) is 4.20. The second-order valence-electron chi connectivity index (χ2n) is 13.1. The van der Waals surface area contributed by atoms with Crippen LogP contribution in [-0.4, -0.2) is 75.9 Å². The zero-order valence-corrected chi connectivity index (χ0v) is 28.1. The number of aliphatic hydroxyl groups is 1. The maximum absolute atomic E-state index is 13.5. The number of hydrogen-bond acceptors (Lipinski definition) is 10. The standard InChI is InChI=1S/C29H42ClN5O7Si/c1-28(2,3)41-26(37)35(27(38)42-29(4,5)6)25-19-14-21(20-16-31-23(30)15-22(20)40-11-10-36)34(24(19)32-17-33-25)18-39-12-13-43(7,8)9/h14-17,36H,10-13,18H2,1-9H3. The van der Waals surface area contributed by atoms with Crippen LogP contribution in [0.2, 0.25) is 30.8 Å². The Morgan fingerprint density at radius 1 is 0.977 bits per heavy atom. The average molecular weight is 636 g/mol. The summed E-state index contributed by atoms with van der Waals surface area (Å²) in [7, 11) is -1.37. The van der Waals surface area contributed by atoms with Gasteiger partial charge in [0, 0.05) is 26.9 Å². The number of halogens is 1. The highest BCUT2D eigenvalue weighted by molar-refractivity contribution is 6.76. The molecule has 0 bridgehead atoms. The molecule has 2 amide bonds. The highest BCUT2D eigenvalue weighted by Gasteiger charge is 2.35. The molecule has 0 spiro atoms. The van der Waals surface area contributed by atoms with Gasteiger partial charge in [0.2, 0.25) is 0 Å². The molecule has 3 heterocycles. The molecule has 0 atom stereocenters. The van der Waals surface area contributed by atoms with Crippen LogP contribution in [0.4, 0.5) is 15.4 Å². The largest absolute Gasteiger partial charge is 0.490 e. The lowest BCUT2D eigenvalue weighted by Crippen LogP contribution is -2.44. The third-order valence-corrected chi connectivity index (χ3v) is 7.62. The summed E-state index contributed by atoms with van der Waals surface area (Å²) in [5.74, 6) is 0.334. The molecule has 236 valence electrons. The van der Waals surface area contributed by atoms with Crippen LogP contribution in [0.3, 0.4) is 0 Å². The number of carbonyl (C=O) groups is 2. The molecular formula is C29H42ClN5O7Si. The number of ether oxygens (including phenoxy) is 4. The smallest absolute Gasteiger partial charge is 0.425 e. The number of fused-ring (bicyclic) bond motifs is 1. The van der Waals surface area contributed by atoms with Crippen molar-refractivity contribution in [2.45, 2.75) is 85.2 Å². The predicted molar refractivity (Wildman–Crippen MR) is 167 cm³/mol. The third-order valence-electron chi connectivity index (χ3n) is 5.71. The summed E-state index contributed by atoms with van der Waals surface area (Å²) < 4.78 is 24.8. The summed E-state index contributed by atoms with van der Waals surface area (Å²) in [4.78, 5) is 40.7. The minimum absolute atomic E-state index is 0.0242. The fourth-order valence-corrected chi connectivity index (χ4v) is 4.76. The Labute approximate surface area is 258 Å². The lowest BCUT2D eigenvalue weighted by molar-refractivity contribution is 0.0429. The number of carbonyl (C=O) groups excluding carboxylic acids is 2. The maximum Gasteiger partial charge on any atom is 0.425 e. The lowest BCUT2D eigenvalue weighted by atomic mass is 10.2. The van der Waals surface area contributed by atoms with E-state index in [2.05, 4.69) is 34.6 Å². The molecule has 1 N–H and O–H groups in total. The van der Waals surface area contributed by atoms with Crippen molar-refractivity contribution in [3.63, 3.8) is 0 Å². The fraction of sp³-hybridized carbons (Fsp3) is 0.552. The minimum atomic E-state index is -1.37. The number of nitrogens with zero attached hydrogens (tertiary/aromatic N) is 5. The van der Waals surface area contributed by atoms with Gasteiger partial charge in [-0.3, -0.25) is 0 Å². The van der Waals surface area contributed by atoms with Gasteiger partial charge in [0.25, 0.3) is 0 Å². The van der Waals surface area contributed by atoms with Crippen LogP contribution in [0.1, 0.15) is 41.5 Å². The van der Waals surface area contributed by atoms with Crippen molar-refractivity contribution in [3.8, 4) is 17.0 Å². The van der Waals surface area contributed by atoms with Crippen molar-refractivity contribution >= 4 is 48.7 Å². The first kappa shape index (κ1) is 34.2. The van der Waals surface area contributed by atoms with Crippen LogP contribution in [0.15, 0.2) is 24.7 Å². The number of rotatable bonds is 10. The molecule has 0 aromatic carbocycles. The molecule has 43 heavy (non-hydrogen) atoms. The average Bonchev–Trinajstić information content (AvgIpc) is 3.22. The van der Waals surface area contributed by atoms with Gasteiger partial charge >= 0.3 is 12.2 Å². The summed E-state index contributed by atoms with van der Waals surface area (Å²) in [5, 5.41) is 9.95. The molecule has 0 aliphatic carbocycles. The van der Waals surface area contributed by atoms with Gasteiger partial charge in [0.15, 0.2) is 5.82 Å². The first-order valence-corrected chi connectivity index (χ1v) is 18.1. The molecule has 3 rings (SSSR count). The van der Waals surface area contributed by atoms with E-state index in [1.54, 1.807) is 58.2 Å².